The molecular formula is C15H20F3N3O3S. The van der Waals surface area contributed by atoms with Gasteiger partial charge in [-0.1, -0.05) is 12.1 Å². The van der Waals surface area contributed by atoms with Crippen molar-refractivity contribution in [2.45, 2.75) is 25.7 Å². The van der Waals surface area contributed by atoms with Crippen LogP contribution in [0.1, 0.15) is 18.4 Å². The minimum Gasteiger partial charge on any atom is -0.406 e. The Balaban J connectivity index is 1.77. The number of ether oxygens (including phenoxy) is 1. The summed E-state index contributed by atoms with van der Waals surface area (Å²) in [5.41, 5.74) is 6.44. The number of hydrogen-bond donors (Lipinski definition) is 2. The fourth-order valence-electron chi connectivity index (χ4n) is 2.42. The van der Waals surface area contributed by atoms with E-state index in [0.29, 0.717) is 24.9 Å². The van der Waals surface area contributed by atoms with Crippen LogP contribution < -0.4 is 15.8 Å². The Hall–Kier alpha value is -1.97. The second-order valence-corrected chi connectivity index (χ2v) is 8.17. The Labute approximate surface area is 144 Å². The normalized spacial score (nSPS) is 18.8. The lowest BCUT2D eigenvalue weighted by Gasteiger charge is -2.22. The quantitative estimate of drug-likeness (QED) is 0.601. The number of halogens is 3. The average Bonchev–Trinajstić information content (AvgIpc) is 2.52. The summed E-state index contributed by atoms with van der Waals surface area (Å²) in [4.78, 5) is 4.11. The Bertz CT molecular complexity index is 689. The molecule has 6 nitrogen and oxygen atoms in total. The van der Waals surface area contributed by atoms with Crippen molar-refractivity contribution in [2.75, 3.05) is 18.1 Å². The third-order valence-corrected chi connectivity index (χ3v) is 5.55. The van der Waals surface area contributed by atoms with Gasteiger partial charge in [0.15, 0.2) is 5.96 Å². The van der Waals surface area contributed by atoms with Crippen LogP contribution in [0.15, 0.2) is 29.3 Å². The van der Waals surface area contributed by atoms with Crippen LogP contribution >= 0.6 is 0 Å². The molecule has 0 amide bonds. The molecule has 1 saturated heterocycles. The van der Waals surface area contributed by atoms with Gasteiger partial charge >= 0.3 is 6.36 Å². The minimum atomic E-state index is -4.72. The predicted molar refractivity (Wildman–Crippen MR) is 87.8 cm³/mol. The fraction of sp³-hybridized carbons (Fsp3) is 0.533. The van der Waals surface area contributed by atoms with Crippen LogP contribution in [-0.4, -0.2) is 38.8 Å². The van der Waals surface area contributed by atoms with Gasteiger partial charge in [0.05, 0.1) is 18.1 Å². The van der Waals surface area contributed by atoms with Crippen LogP contribution in [0, 0.1) is 5.92 Å². The van der Waals surface area contributed by atoms with Crippen molar-refractivity contribution in [3.63, 3.8) is 0 Å². The van der Waals surface area contributed by atoms with Gasteiger partial charge in [-0.2, -0.15) is 0 Å². The van der Waals surface area contributed by atoms with Gasteiger partial charge in [0.25, 0.3) is 0 Å². The number of rotatable bonds is 5. The minimum absolute atomic E-state index is 0.197. The van der Waals surface area contributed by atoms with Crippen molar-refractivity contribution in [1.29, 1.82) is 0 Å². The van der Waals surface area contributed by atoms with Gasteiger partial charge in [0, 0.05) is 6.54 Å². The molecule has 1 heterocycles. The summed E-state index contributed by atoms with van der Waals surface area (Å²) in [6.45, 7) is 0.757. The second-order valence-electron chi connectivity index (χ2n) is 5.87. The van der Waals surface area contributed by atoms with Gasteiger partial charge in [-0.25, -0.2) is 13.4 Å². The predicted octanol–water partition coefficient (Wildman–Crippen LogP) is 1.81. The Morgan fingerprint density at radius 3 is 2.40 bits per heavy atom. The van der Waals surface area contributed by atoms with E-state index in [2.05, 4.69) is 15.0 Å². The van der Waals surface area contributed by atoms with Crippen LogP contribution in [0.3, 0.4) is 0 Å². The molecule has 10 heteroatoms. The number of sulfone groups is 1. The van der Waals surface area contributed by atoms with E-state index in [-0.39, 0.29) is 35.7 Å². The molecule has 0 spiro atoms. The third kappa shape index (κ3) is 7.20. The third-order valence-electron chi connectivity index (χ3n) is 3.83. The average molecular weight is 379 g/mol. The fourth-order valence-corrected chi connectivity index (χ4v) is 4.01. The molecule has 0 bridgehead atoms. The molecular weight excluding hydrogens is 359 g/mol. The summed E-state index contributed by atoms with van der Waals surface area (Å²) in [5.74, 6) is 0.546. The van der Waals surface area contributed by atoms with Gasteiger partial charge in [0.2, 0.25) is 0 Å². The van der Waals surface area contributed by atoms with Crippen molar-refractivity contribution in [3.8, 4) is 5.75 Å². The zero-order chi connectivity index (χ0) is 18.5. The molecule has 1 aromatic rings. The number of hydrogen-bond acceptors (Lipinski definition) is 4. The highest BCUT2D eigenvalue weighted by Gasteiger charge is 2.30. The van der Waals surface area contributed by atoms with Gasteiger partial charge < -0.3 is 15.8 Å². The van der Waals surface area contributed by atoms with Crippen molar-refractivity contribution < 1.29 is 26.3 Å². The highest BCUT2D eigenvalue weighted by molar-refractivity contribution is 7.91. The van der Waals surface area contributed by atoms with E-state index in [1.807, 2.05) is 0 Å². The number of nitrogens with one attached hydrogen (secondary N) is 1. The maximum Gasteiger partial charge on any atom is 0.573 e. The van der Waals surface area contributed by atoms with E-state index < -0.39 is 16.2 Å². The topological polar surface area (TPSA) is 93.8 Å². The number of aliphatic imine (C=N–C) groups is 1. The molecule has 0 aromatic heterocycles. The number of alkyl halides is 3. The van der Waals surface area contributed by atoms with Crippen LogP contribution in [0.2, 0.25) is 0 Å². The van der Waals surface area contributed by atoms with E-state index in [1.165, 1.54) is 24.3 Å². The first-order chi connectivity index (χ1) is 11.6. The van der Waals surface area contributed by atoms with Gasteiger partial charge in [0.1, 0.15) is 15.6 Å². The van der Waals surface area contributed by atoms with Crippen LogP contribution in [0.5, 0.6) is 5.75 Å². The van der Waals surface area contributed by atoms with Gasteiger partial charge in [-0.05, 0) is 36.5 Å². The molecule has 0 atom stereocenters. The molecule has 2 rings (SSSR count). The molecule has 0 radical (unpaired) electrons. The lowest BCUT2D eigenvalue weighted by Crippen LogP contribution is -2.38. The van der Waals surface area contributed by atoms with E-state index in [1.54, 1.807) is 0 Å². The molecule has 1 aliphatic rings. The largest absolute Gasteiger partial charge is 0.573 e. The van der Waals surface area contributed by atoms with Crippen LogP contribution in [0.4, 0.5) is 13.2 Å². The Kier molecular flexibility index (Phi) is 6.15. The molecule has 0 aliphatic carbocycles. The molecule has 25 heavy (non-hydrogen) atoms. The molecule has 0 saturated carbocycles. The Morgan fingerprint density at radius 2 is 1.84 bits per heavy atom. The first-order valence-corrected chi connectivity index (χ1v) is 9.54. The van der Waals surface area contributed by atoms with E-state index in [4.69, 9.17) is 5.73 Å². The summed E-state index contributed by atoms with van der Waals surface area (Å²) in [7, 11) is -2.89. The van der Waals surface area contributed by atoms with Crippen LogP contribution in [0.25, 0.3) is 0 Å². The zero-order valence-corrected chi connectivity index (χ0v) is 14.2. The summed E-state index contributed by atoms with van der Waals surface area (Å²) in [6.07, 6.45) is -3.51. The molecule has 1 aromatic carbocycles. The summed E-state index contributed by atoms with van der Waals surface area (Å²) < 4.78 is 62.7. The molecule has 140 valence electrons. The number of nitrogens with two attached hydrogens (primary N) is 1. The lowest BCUT2D eigenvalue weighted by atomic mass is 10.0. The van der Waals surface area contributed by atoms with Crippen molar-refractivity contribution in [1.82, 2.24) is 5.32 Å². The maximum absolute atomic E-state index is 12.1. The summed E-state index contributed by atoms with van der Waals surface area (Å²) in [6, 6.07) is 5.38. The number of benzene rings is 1. The zero-order valence-electron chi connectivity index (χ0n) is 13.4. The second kappa shape index (κ2) is 7.94. The maximum atomic E-state index is 12.1. The smallest absolute Gasteiger partial charge is 0.406 e. The van der Waals surface area contributed by atoms with Crippen molar-refractivity contribution in [3.05, 3.63) is 29.8 Å². The van der Waals surface area contributed by atoms with E-state index >= 15 is 0 Å². The first kappa shape index (κ1) is 19.4. The highest BCUT2D eigenvalue weighted by Crippen LogP contribution is 2.23. The molecule has 1 aliphatic heterocycles. The standard InChI is InChI=1S/C15H20F3N3O3S/c16-15(17,18)24-13-3-1-11(2-4-13)9-20-14(19)21-10-12-5-7-25(22,23)8-6-12/h1-4,12H,5-10H2,(H3,19,20,21). The van der Waals surface area contributed by atoms with Crippen molar-refractivity contribution >= 4 is 15.8 Å². The molecule has 0 unspecified atom stereocenters. The molecule has 1 fully saturated rings. The molecule has 3 N–H and O–H groups in total. The summed E-state index contributed by atoms with van der Waals surface area (Å²) in [5, 5.41) is 2.95. The SMILES string of the molecule is NC(=NCc1ccc(OC(F)(F)F)cc1)NCC1CCS(=O)(=O)CC1. The van der Waals surface area contributed by atoms with Crippen molar-refractivity contribution in [2.24, 2.45) is 16.6 Å². The first-order valence-electron chi connectivity index (χ1n) is 7.72. The number of nitrogens with zero attached hydrogens (tertiary/aromatic N) is 1. The monoisotopic (exact) mass is 379 g/mol. The van der Waals surface area contributed by atoms with Gasteiger partial charge in [-0.3, -0.25) is 0 Å². The van der Waals surface area contributed by atoms with Gasteiger partial charge in [-0.15, -0.1) is 13.2 Å². The van der Waals surface area contributed by atoms with E-state index in [0.717, 1.165) is 0 Å². The Morgan fingerprint density at radius 1 is 1.24 bits per heavy atom. The highest BCUT2D eigenvalue weighted by atomic mass is 32.2. The van der Waals surface area contributed by atoms with E-state index in [9.17, 15) is 21.6 Å². The summed E-state index contributed by atoms with van der Waals surface area (Å²) >= 11 is 0. The lowest BCUT2D eigenvalue weighted by molar-refractivity contribution is -0.274. The van der Waals surface area contributed by atoms with Crippen LogP contribution in [-0.2, 0) is 16.4 Å². The number of guanidine groups is 1.